The minimum atomic E-state index is -1.19. The Morgan fingerprint density at radius 2 is 1.68 bits per heavy atom. The van der Waals surface area contributed by atoms with E-state index in [0.717, 1.165) is 5.56 Å². The summed E-state index contributed by atoms with van der Waals surface area (Å²) in [6.07, 6.45) is 0.154. The van der Waals surface area contributed by atoms with Crippen LogP contribution in [0.4, 0.5) is 0 Å². The van der Waals surface area contributed by atoms with Gasteiger partial charge in [0.2, 0.25) is 0 Å². The standard InChI is InChI=1S/C15H11ClO3/c16-12-8-4-7-11(14(12)15(18)19)13(17)9-10-5-2-1-3-6-10/h1-8H,9H2,(H,18,19). The molecule has 0 saturated heterocycles. The molecule has 0 saturated carbocycles. The number of carboxylic acids is 1. The molecule has 0 aliphatic rings. The van der Waals surface area contributed by atoms with Crippen molar-refractivity contribution in [3.63, 3.8) is 0 Å². The summed E-state index contributed by atoms with van der Waals surface area (Å²) in [5.41, 5.74) is 0.845. The van der Waals surface area contributed by atoms with Gasteiger partial charge in [0.15, 0.2) is 5.78 Å². The molecule has 0 aromatic heterocycles. The van der Waals surface area contributed by atoms with Gasteiger partial charge in [0, 0.05) is 12.0 Å². The van der Waals surface area contributed by atoms with Crippen LogP contribution in [0.1, 0.15) is 26.3 Å². The molecule has 2 aromatic rings. The van der Waals surface area contributed by atoms with Gasteiger partial charge in [0.25, 0.3) is 0 Å². The number of hydrogen-bond acceptors (Lipinski definition) is 2. The minimum Gasteiger partial charge on any atom is -0.478 e. The first kappa shape index (κ1) is 13.3. The van der Waals surface area contributed by atoms with E-state index in [4.69, 9.17) is 16.7 Å². The van der Waals surface area contributed by atoms with Crippen LogP contribution in [0.25, 0.3) is 0 Å². The van der Waals surface area contributed by atoms with Gasteiger partial charge in [-0.25, -0.2) is 4.79 Å². The Morgan fingerprint density at radius 3 is 2.32 bits per heavy atom. The monoisotopic (exact) mass is 274 g/mol. The largest absolute Gasteiger partial charge is 0.478 e. The van der Waals surface area contributed by atoms with Crippen LogP contribution in [0.15, 0.2) is 48.5 Å². The third-order valence-electron chi connectivity index (χ3n) is 2.74. The van der Waals surface area contributed by atoms with E-state index in [9.17, 15) is 9.59 Å². The number of Topliss-reactive ketones (excluding diaryl/α,β-unsaturated/α-hetero) is 1. The Kier molecular flexibility index (Phi) is 3.97. The molecule has 2 aromatic carbocycles. The van der Waals surface area contributed by atoms with E-state index >= 15 is 0 Å². The summed E-state index contributed by atoms with van der Waals surface area (Å²) in [5, 5.41) is 9.20. The topological polar surface area (TPSA) is 54.4 Å². The van der Waals surface area contributed by atoms with Crippen LogP contribution < -0.4 is 0 Å². The first-order valence-corrected chi connectivity index (χ1v) is 6.06. The van der Waals surface area contributed by atoms with Gasteiger partial charge in [-0.2, -0.15) is 0 Å². The Morgan fingerprint density at radius 1 is 1.00 bits per heavy atom. The molecule has 0 amide bonds. The molecule has 0 heterocycles. The summed E-state index contributed by atoms with van der Waals surface area (Å²) < 4.78 is 0. The first-order valence-electron chi connectivity index (χ1n) is 5.68. The highest BCUT2D eigenvalue weighted by atomic mass is 35.5. The van der Waals surface area contributed by atoms with E-state index in [1.165, 1.54) is 12.1 Å². The third kappa shape index (κ3) is 3.01. The molecule has 0 atom stereocenters. The van der Waals surface area contributed by atoms with Gasteiger partial charge in [-0.15, -0.1) is 0 Å². The van der Waals surface area contributed by atoms with Gasteiger partial charge in [0.1, 0.15) is 0 Å². The fourth-order valence-corrected chi connectivity index (χ4v) is 2.11. The number of aromatic carboxylic acids is 1. The summed E-state index contributed by atoms with van der Waals surface area (Å²) in [7, 11) is 0. The number of carbonyl (C=O) groups is 2. The molecule has 19 heavy (non-hydrogen) atoms. The van der Waals surface area contributed by atoms with Crippen LogP contribution in [0.2, 0.25) is 5.02 Å². The van der Waals surface area contributed by atoms with Gasteiger partial charge >= 0.3 is 5.97 Å². The Balaban J connectivity index is 2.35. The molecule has 0 radical (unpaired) electrons. The smallest absolute Gasteiger partial charge is 0.337 e. The normalized spacial score (nSPS) is 10.2. The van der Waals surface area contributed by atoms with Crippen molar-refractivity contribution < 1.29 is 14.7 Å². The van der Waals surface area contributed by atoms with Crippen molar-refractivity contribution >= 4 is 23.4 Å². The van der Waals surface area contributed by atoms with Gasteiger partial charge in [-0.05, 0) is 11.6 Å². The van der Waals surface area contributed by atoms with E-state index in [-0.39, 0.29) is 28.4 Å². The van der Waals surface area contributed by atoms with Crippen molar-refractivity contribution in [2.75, 3.05) is 0 Å². The molecule has 0 unspecified atom stereocenters. The van der Waals surface area contributed by atoms with Crippen LogP contribution in [-0.4, -0.2) is 16.9 Å². The molecule has 0 bridgehead atoms. The van der Waals surface area contributed by atoms with Gasteiger partial charge in [0.05, 0.1) is 10.6 Å². The van der Waals surface area contributed by atoms with E-state index in [1.54, 1.807) is 6.07 Å². The number of carbonyl (C=O) groups excluding carboxylic acids is 1. The Labute approximate surface area is 115 Å². The maximum absolute atomic E-state index is 12.2. The van der Waals surface area contributed by atoms with Crippen LogP contribution in [-0.2, 0) is 6.42 Å². The van der Waals surface area contributed by atoms with Crippen molar-refractivity contribution in [2.45, 2.75) is 6.42 Å². The van der Waals surface area contributed by atoms with Gasteiger partial charge < -0.3 is 5.11 Å². The molecule has 0 spiro atoms. The van der Waals surface area contributed by atoms with E-state index in [0.29, 0.717) is 0 Å². The van der Waals surface area contributed by atoms with Crippen LogP contribution >= 0.6 is 11.6 Å². The highest BCUT2D eigenvalue weighted by Gasteiger charge is 2.19. The molecule has 3 nitrogen and oxygen atoms in total. The minimum absolute atomic E-state index is 0.0754. The number of ketones is 1. The Hall–Kier alpha value is -2.13. The predicted molar refractivity (Wildman–Crippen MR) is 72.9 cm³/mol. The summed E-state index contributed by atoms with van der Waals surface area (Å²) in [6.45, 7) is 0. The molecular formula is C15H11ClO3. The zero-order chi connectivity index (χ0) is 13.8. The van der Waals surface area contributed by atoms with Crippen LogP contribution in [0, 0.1) is 0 Å². The Bertz CT molecular complexity index is 621. The van der Waals surface area contributed by atoms with Crippen molar-refractivity contribution in [3.05, 3.63) is 70.2 Å². The third-order valence-corrected chi connectivity index (χ3v) is 3.05. The zero-order valence-corrected chi connectivity index (χ0v) is 10.7. The van der Waals surface area contributed by atoms with Crippen molar-refractivity contribution in [1.82, 2.24) is 0 Å². The molecule has 0 fully saturated rings. The van der Waals surface area contributed by atoms with Crippen LogP contribution in [0.5, 0.6) is 0 Å². The number of hydrogen-bond donors (Lipinski definition) is 1. The number of rotatable bonds is 4. The number of carboxylic acid groups (broad SMARTS) is 1. The summed E-state index contributed by atoms with van der Waals surface area (Å²) in [4.78, 5) is 23.3. The van der Waals surface area contributed by atoms with Gasteiger partial charge in [-0.3, -0.25) is 4.79 Å². The molecule has 2 rings (SSSR count). The highest BCUT2D eigenvalue weighted by molar-refractivity contribution is 6.34. The summed E-state index contributed by atoms with van der Waals surface area (Å²) >= 11 is 5.84. The van der Waals surface area contributed by atoms with Crippen molar-refractivity contribution in [3.8, 4) is 0 Å². The average molecular weight is 275 g/mol. The molecular weight excluding hydrogens is 264 g/mol. The maximum Gasteiger partial charge on any atom is 0.337 e. The molecule has 0 aliphatic carbocycles. The lowest BCUT2D eigenvalue weighted by Gasteiger charge is -2.07. The quantitative estimate of drug-likeness (QED) is 0.869. The SMILES string of the molecule is O=C(Cc1ccccc1)c1cccc(Cl)c1C(=O)O. The van der Waals surface area contributed by atoms with Crippen molar-refractivity contribution in [1.29, 1.82) is 0 Å². The fourth-order valence-electron chi connectivity index (χ4n) is 1.85. The summed E-state index contributed by atoms with van der Waals surface area (Å²) in [5.74, 6) is -1.45. The lowest BCUT2D eigenvalue weighted by Crippen LogP contribution is -2.11. The highest BCUT2D eigenvalue weighted by Crippen LogP contribution is 2.21. The van der Waals surface area contributed by atoms with Crippen molar-refractivity contribution in [2.24, 2.45) is 0 Å². The predicted octanol–water partition coefficient (Wildman–Crippen LogP) is 3.46. The molecule has 0 aliphatic heterocycles. The van der Waals surface area contributed by atoms with Crippen LogP contribution in [0.3, 0.4) is 0 Å². The second-order valence-electron chi connectivity index (χ2n) is 4.05. The fraction of sp³-hybridized carbons (Fsp3) is 0.0667. The lowest BCUT2D eigenvalue weighted by atomic mass is 9.98. The van der Waals surface area contributed by atoms with E-state index in [2.05, 4.69) is 0 Å². The number of benzene rings is 2. The van der Waals surface area contributed by atoms with E-state index < -0.39 is 5.97 Å². The van der Waals surface area contributed by atoms with E-state index in [1.807, 2.05) is 30.3 Å². The lowest BCUT2D eigenvalue weighted by molar-refractivity contribution is 0.0692. The second-order valence-corrected chi connectivity index (χ2v) is 4.46. The average Bonchev–Trinajstić information content (AvgIpc) is 2.39. The summed E-state index contributed by atoms with van der Waals surface area (Å²) in [6, 6.07) is 13.7. The maximum atomic E-state index is 12.2. The molecule has 1 N–H and O–H groups in total. The zero-order valence-electron chi connectivity index (χ0n) is 9.97. The first-order chi connectivity index (χ1) is 9.09. The molecule has 96 valence electrons. The molecule has 4 heteroatoms. The van der Waals surface area contributed by atoms with Gasteiger partial charge in [-0.1, -0.05) is 54.1 Å². The second kappa shape index (κ2) is 5.67. The number of halogens is 1.